The van der Waals surface area contributed by atoms with Crippen molar-refractivity contribution < 1.29 is 13.5 Å². The van der Waals surface area contributed by atoms with Gasteiger partial charge in [0.05, 0.1) is 5.88 Å². The summed E-state index contributed by atoms with van der Waals surface area (Å²) in [5, 5.41) is 0. The van der Waals surface area contributed by atoms with Crippen molar-refractivity contribution in [1.82, 2.24) is 0 Å². The number of halogens is 3. The SMILES string of the molecule is FC(F)Oc1ccc(C#CCCl)cc1. The number of hydrogen-bond acceptors (Lipinski definition) is 1. The van der Waals surface area contributed by atoms with E-state index >= 15 is 0 Å². The second kappa shape index (κ2) is 5.46. The summed E-state index contributed by atoms with van der Waals surface area (Å²) in [6.07, 6.45) is 0. The van der Waals surface area contributed by atoms with E-state index in [9.17, 15) is 8.78 Å². The first kappa shape index (κ1) is 10.8. The van der Waals surface area contributed by atoms with E-state index in [1.807, 2.05) is 0 Å². The number of hydrogen-bond donors (Lipinski definition) is 0. The van der Waals surface area contributed by atoms with Crippen molar-refractivity contribution in [2.75, 3.05) is 5.88 Å². The smallest absolute Gasteiger partial charge is 0.387 e. The van der Waals surface area contributed by atoms with Crippen LogP contribution in [0.4, 0.5) is 8.78 Å². The van der Waals surface area contributed by atoms with Gasteiger partial charge in [-0.25, -0.2) is 0 Å². The van der Waals surface area contributed by atoms with Crippen molar-refractivity contribution in [2.45, 2.75) is 6.61 Å². The van der Waals surface area contributed by atoms with E-state index < -0.39 is 6.61 Å². The molecule has 1 nitrogen and oxygen atoms in total. The lowest BCUT2D eigenvalue weighted by molar-refractivity contribution is -0.0498. The summed E-state index contributed by atoms with van der Waals surface area (Å²) in [4.78, 5) is 0. The lowest BCUT2D eigenvalue weighted by atomic mass is 10.2. The number of rotatable bonds is 2. The van der Waals surface area contributed by atoms with Crippen LogP contribution in [0.25, 0.3) is 0 Å². The minimum absolute atomic E-state index is 0.122. The van der Waals surface area contributed by atoms with Crippen LogP contribution < -0.4 is 4.74 Å². The Kier molecular flexibility index (Phi) is 4.21. The Hall–Kier alpha value is -1.27. The molecule has 1 aromatic rings. The van der Waals surface area contributed by atoms with E-state index in [0.29, 0.717) is 5.56 Å². The van der Waals surface area contributed by atoms with Crippen LogP contribution in [0.5, 0.6) is 5.75 Å². The van der Waals surface area contributed by atoms with Gasteiger partial charge in [-0.05, 0) is 24.3 Å². The van der Waals surface area contributed by atoms with Gasteiger partial charge in [0.1, 0.15) is 5.75 Å². The Morgan fingerprint density at radius 1 is 1.29 bits per heavy atom. The predicted molar refractivity (Wildman–Crippen MR) is 50.7 cm³/mol. The molecule has 0 bridgehead atoms. The van der Waals surface area contributed by atoms with Gasteiger partial charge in [0.2, 0.25) is 0 Å². The molecule has 0 radical (unpaired) electrons. The minimum atomic E-state index is -2.80. The summed E-state index contributed by atoms with van der Waals surface area (Å²) in [5.41, 5.74) is 0.715. The molecule has 0 aliphatic rings. The molecule has 1 aromatic carbocycles. The van der Waals surface area contributed by atoms with E-state index in [2.05, 4.69) is 16.6 Å². The molecule has 0 N–H and O–H groups in total. The summed E-state index contributed by atoms with van der Waals surface area (Å²) in [5.74, 6) is 5.77. The fourth-order valence-corrected chi connectivity index (χ4v) is 0.922. The zero-order chi connectivity index (χ0) is 10.4. The summed E-state index contributed by atoms with van der Waals surface area (Å²) in [7, 11) is 0. The van der Waals surface area contributed by atoms with Gasteiger partial charge in [-0.1, -0.05) is 11.8 Å². The molecule has 0 atom stereocenters. The first-order chi connectivity index (χ1) is 6.72. The second-order valence-electron chi connectivity index (χ2n) is 2.34. The second-order valence-corrected chi connectivity index (χ2v) is 2.61. The third-order valence-corrected chi connectivity index (χ3v) is 1.51. The molecule has 14 heavy (non-hydrogen) atoms. The molecule has 74 valence electrons. The lowest BCUT2D eigenvalue weighted by Gasteiger charge is -2.02. The van der Waals surface area contributed by atoms with Crippen LogP contribution in [0.2, 0.25) is 0 Å². The average molecular weight is 217 g/mol. The van der Waals surface area contributed by atoms with Gasteiger partial charge >= 0.3 is 6.61 Å². The fourth-order valence-electron chi connectivity index (χ4n) is 0.855. The average Bonchev–Trinajstić information content (AvgIpc) is 2.16. The van der Waals surface area contributed by atoms with Crippen LogP contribution >= 0.6 is 11.6 Å². The largest absolute Gasteiger partial charge is 0.435 e. The van der Waals surface area contributed by atoms with E-state index in [1.165, 1.54) is 12.1 Å². The van der Waals surface area contributed by atoms with Gasteiger partial charge in [-0.2, -0.15) is 8.78 Å². The molecule has 0 saturated carbocycles. The van der Waals surface area contributed by atoms with Gasteiger partial charge in [0.15, 0.2) is 0 Å². The highest BCUT2D eigenvalue weighted by Crippen LogP contribution is 2.14. The molecule has 0 spiro atoms. The fraction of sp³-hybridized carbons (Fsp3) is 0.200. The maximum absolute atomic E-state index is 11.8. The van der Waals surface area contributed by atoms with Gasteiger partial charge in [0.25, 0.3) is 0 Å². The highest BCUT2D eigenvalue weighted by atomic mass is 35.5. The zero-order valence-electron chi connectivity index (χ0n) is 7.14. The van der Waals surface area contributed by atoms with Crippen molar-refractivity contribution in [3.63, 3.8) is 0 Å². The van der Waals surface area contributed by atoms with Gasteiger partial charge in [-0.3, -0.25) is 0 Å². The summed E-state index contributed by atoms with van der Waals surface area (Å²) in [6, 6.07) is 6.06. The standard InChI is InChI=1S/C10H7ClF2O/c11-7-1-2-8-3-5-9(6-4-8)14-10(12)13/h3-6,10H,7H2. The van der Waals surface area contributed by atoms with Crippen molar-refractivity contribution in [2.24, 2.45) is 0 Å². The van der Waals surface area contributed by atoms with Gasteiger partial charge in [0, 0.05) is 5.56 Å². The highest BCUT2D eigenvalue weighted by Gasteiger charge is 2.02. The van der Waals surface area contributed by atoms with Gasteiger partial charge < -0.3 is 4.74 Å². The Bertz CT molecular complexity index is 337. The number of alkyl halides is 3. The molecule has 4 heteroatoms. The Balaban J connectivity index is 2.68. The van der Waals surface area contributed by atoms with Crippen molar-refractivity contribution in [3.05, 3.63) is 29.8 Å². The molecule has 0 saturated heterocycles. The highest BCUT2D eigenvalue weighted by molar-refractivity contribution is 6.19. The topological polar surface area (TPSA) is 9.23 Å². The molecular formula is C10H7ClF2O. The van der Waals surface area contributed by atoms with E-state index in [1.54, 1.807) is 12.1 Å². The van der Waals surface area contributed by atoms with Gasteiger partial charge in [-0.15, -0.1) is 11.6 Å². The van der Waals surface area contributed by atoms with Crippen molar-refractivity contribution in [3.8, 4) is 17.6 Å². The monoisotopic (exact) mass is 216 g/mol. The van der Waals surface area contributed by atoms with Crippen LogP contribution in [0, 0.1) is 11.8 Å². The molecule has 0 fully saturated rings. The van der Waals surface area contributed by atoms with Crippen LogP contribution in [0.15, 0.2) is 24.3 Å². The maximum atomic E-state index is 11.8. The number of benzene rings is 1. The van der Waals surface area contributed by atoms with Crippen LogP contribution in [-0.2, 0) is 0 Å². The first-order valence-corrected chi connectivity index (χ1v) is 4.35. The van der Waals surface area contributed by atoms with Crippen LogP contribution in [0.3, 0.4) is 0 Å². The lowest BCUT2D eigenvalue weighted by Crippen LogP contribution is -2.01. The normalized spacial score (nSPS) is 9.43. The number of ether oxygens (including phenoxy) is 1. The Morgan fingerprint density at radius 3 is 2.43 bits per heavy atom. The molecule has 0 heterocycles. The minimum Gasteiger partial charge on any atom is -0.435 e. The summed E-state index contributed by atoms with van der Waals surface area (Å²) < 4.78 is 27.7. The molecular weight excluding hydrogens is 210 g/mol. The van der Waals surface area contributed by atoms with E-state index in [-0.39, 0.29) is 11.6 Å². The molecule has 0 aromatic heterocycles. The predicted octanol–water partition coefficient (Wildman–Crippen LogP) is 2.88. The van der Waals surface area contributed by atoms with Crippen molar-refractivity contribution >= 4 is 11.6 Å². The first-order valence-electron chi connectivity index (χ1n) is 3.82. The quantitative estimate of drug-likeness (QED) is 0.546. The third kappa shape index (κ3) is 3.63. The summed E-state index contributed by atoms with van der Waals surface area (Å²) in [6.45, 7) is -2.80. The zero-order valence-corrected chi connectivity index (χ0v) is 7.89. The maximum Gasteiger partial charge on any atom is 0.387 e. The summed E-state index contributed by atoms with van der Waals surface area (Å²) >= 11 is 5.35. The third-order valence-electron chi connectivity index (χ3n) is 1.38. The molecule has 0 aliphatic carbocycles. The van der Waals surface area contributed by atoms with Crippen molar-refractivity contribution in [1.29, 1.82) is 0 Å². The molecule has 0 amide bonds. The Labute approximate surface area is 85.6 Å². The van der Waals surface area contributed by atoms with E-state index in [0.717, 1.165) is 0 Å². The van der Waals surface area contributed by atoms with Crippen LogP contribution in [-0.4, -0.2) is 12.5 Å². The molecule has 0 aliphatic heterocycles. The molecule has 0 unspecified atom stereocenters. The van der Waals surface area contributed by atoms with Crippen LogP contribution in [0.1, 0.15) is 5.56 Å². The molecule has 1 rings (SSSR count). The Morgan fingerprint density at radius 2 is 1.93 bits per heavy atom. The van der Waals surface area contributed by atoms with E-state index in [4.69, 9.17) is 11.6 Å².